The van der Waals surface area contributed by atoms with Gasteiger partial charge in [-0.3, -0.25) is 4.79 Å². The van der Waals surface area contributed by atoms with Crippen LogP contribution in [0.25, 0.3) is 11.3 Å². The standard InChI is InChI=1S/C20H18FN3OS/c1-13-2-4-15(5-3-13)19(25)22-12-17-18(14-6-8-16(21)9-7-14)23-20-24(17)10-11-26-20/h2-9H,10-12H2,1H3,(H,22,25). The summed E-state index contributed by atoms with van der Waals surface area (Å²) in [5.74, 6) is 0.589. The van der Waals surface area contributed by atoms with Crippen LogP contribution in [0, 0.1) is 12.7 Å². The molecule has 0 aliphatic carbocycles. The highest BCUT2D eigenvalue weighted by molar-refractivity contribution is 7.99. The maximum absolute atomic E-state index is 13.2. The molecule has 132 valence electrons. The first-order valence-corrected chi connectivity index (χ1v) is 9.43. The third kappa shape index (κ3) is 3.24. The van der Waals surface area contributed by atoms with Gasteiger partial charge in [-0.15, -0.1) is 0 Å². The number of hydrogen-bond acceptors (Lipinski definition) is 3. The van der Waals surface area contributed by atoms with E-state index in [1.165, 1.54) is 12.1 Å². The number of imidazole rings is 1. The van der Waals surface area contributed by atoms with E-state index in [-0.39, 0.29) is 11.7 Å². The van der Waals surface area contributed by atoms with Gasteiger partial charge < -0.3 is 9.88 Å². The number of fused-ring (bicyclic) bond motifs is 1. The van der Waals surface area contributed by atoms with Crippen molar-refractivity contribution in [1.29, 1.82) is 0 Å². The zero-order valence-corrected chi connectivity index (χ0v) is 15.1. The van der Waals surface area contributed by atoms with E-state index < -0.39 is 0 Å². The van der Waals surface area contributed by atoms with Gasteiger partial charge in [-0.25, -0.2) is 9.37 Å². The number of hydrogen-bond donors (Lipinski definition) is 1. The van der Waals surface area contributed by atoms with Gasteiger partial charge in [0.25, 0.3) is 5.91 Å². The molecule has 2 heterocycles. The minimum Gasteiger partial charge on any atom is -0.346 e. The molecule has 1 N–H and O–H groups in total. The van der Waals surface area contributed by atoms with Gasteiger partial charge in [-0.05, 0) is 43.3 Å². The average Bonchev–Trinajstić information content (AvgIpc) is 3.22. The van der Waals surface area contributed by atoms with E-state index in [1.54, 1.807) is 23.9 Å². The predicted octanol–water partition coefficient (Wildman–Crippen LogP) is 4.03. The third-order valence-electron chi connectivity index (χ3n) is 4.43. The second-order valence-electron chi connectivity index (χ2n) is 6.25. The molecule has 0 saturated heterocycles. The lowest BCUT2D eigenvalue weighted by atomic mass is 10.1. The predicted molar refractivity (Wildman–Crippen MR) is 101 cm³/mol. The molecule has 0 spiro atoms. The first-order valence-electron chi connectivity index (χ1n) is 8.45. The molecule has 1 aliphatic rings. The van der Waals surface area contributed by atoms with Crippen molar-refractivity contribution in [2.75, 3.05) is 5.75 Å². The van der Waals surface area contributed by atoms with Gasteiger partial charge in [0.2, 0.25) is 0 Å². The largest absolute Gasteiger partial charge is 0.346 e. The van der Waals surface area contributed by atoms with Gasteiger partial charge >= 0.3 is 0 Å². The normalized spacial score (nSPS) is 12.8. The molecule has 0 unspecified atom stereocenters. The van der Waals surface area contributed by atoms with Crippen molar-refractivity contribution in [3.63, 3.8) is 0 Å². The molecule has 0 fully saturated rings. The number of amides is 1. The SMILES string of the molecule is Cc1ccc(C(=O)NCc2c(-c3ccc(F)cc3)nc3n2CCS3)cc1. The molecule has 0 radical (unpaired) electrons. The van der Waals surface area contributed by atoms with E-state index in [2.05, 4.69) is 9.88 Å². The van der Waals surface area contributed by atoms with Gasteiger partial charge in [-0.2, -0.15) is 0 Å². The van der Waals surface area contributed by atoms with Crippen LogP contribution in [0.4, 0.5) is 4.39 Å². The van der Waals surface area contributed by atoms with Crippen LogP contribution in [0.5, 0.6) is 0 Å². The fourth-order valence-corrected chi connectivity index (χ4v) is 3.99. The Kier molecular flexibility index (Phi) is 4.51. The van der Waals surface area contributed by atoms with Crippen molar-refractivity contribution in [3.8, 4) is 11.3 Å². The zero-order valence-electron chi connectivity index (χ0n) is 14.3. The summed E-state index contributed by atoms with van der Waals surface area (Å²) < 4.78 is 15.4. The molecule has 3 aromatic rings. The second-order valence-corrected chi connectivity index (χ2v) is 7.31. The number of rotatable bonds is 4. The second kappa shape index (κ2) is 6.96. The van der Waals surface area contributed by atoms with Crippen LogP contribution in [0.1, 0.15) is 21.6 Å². The number of nitrogens with one attached hydrogen (secondary N) is 1. The molecular weight excluding hydrogens is 349 g/mol. The van der Waals surface area contributed by atoms with E-state index >= 15 is 0 Å². The van der Waals surface area contributed by atoms with Crippen LogP contribution < -0.4 is 5.32 Å². The molecule has 1 amide bonds. The summed E-state index contributed by atoms with van der Waals surface area (Å²) in [5, 5.41) is 3.94. The van der Waals surface area contributed by atoms with E-state index in [0.29, 0.717) is 12.1 Å². The van der Waals surface area contributed by atoms with Crippen molar-refractivity contribution < 1.29 is 9.18 Å². The Bertz CT molecular complexity index is 948. The van der Waals surface area contributed by atoms with Crippen LogP contribution in [-0.2, 0) is 13.1 Å². The summed E-state index contributed by atoms with van der Waals surface area (Å²) in [7, 11) is 0. The number of thioether (sulfide) groups is 1. The van der Waals surface area contributed by atoms with Crippen molar-refractivity contribution in [2.24, 2.45) is 0 Å². The van der Waals surface area contributed by atoms with Gasteiger partial charge in [0.1, 0.15) is 5.82 Å². The van der Waals surface area contributed by atoms with E-state index in [0.717, 1.165) is 40.0 Å². The molecule has 4 rings (SSSR count). The van der Waals surface area contributed by atoms with Crippen molar-refractivity contribution in [3.05, 3.63) is 71.2 Å². The van der Waals surface area contributed by atoms with Gasteiger partial charge in [-0.1, -0.05) is 29.5 Å². The Morgan fingerprint density at radius 3 is 2.65 bits per heavy atom. The third-order valence-corrected chi connectivity index (χ3v) is 5.39. The Labute approximate surface area is 155 Å². The summed E-state index contributed by atoms with van der Waals surface area (Å²) in [5.41, 5.74) is 4.36. The number of benzene rings is 2. The average molecular weight is 367 g/mol. The molecule has 2 aromatic carbocycles. The van der Waals surface area contributed by atoms with E-state index in [1.807, 2.05) is 31.2 Å². The number of carbonyl (C=O) groups is 1. The molecule has 1 aliphatic heterocycles. The zero-order chi connectivity index (χ0) is 18.1. The highest BCUT2D eigenvalue weighted by Gasteiger charge is 2.23. The lowest BCUT2D eigenvalue weighted by molar-refractivity contribution is 0.0950. The number of nitrogens with zero attached hydrogens (tertiary/aromatic N) is 2. The molecule has 26 heavy (non-hydrogen) atoms. The monoisotopic (exact) mass is 367 g/mol. The van der Waals surface area contributed by atoms with Crippen molar-refractivity contribution in [2.45, 2.75) is 25.2 Å². The fourth-order valence-electron chi connectivity index (χ4n) is 3.02. The molecule has 0 saturated carbocycles. The quantitative estimate of drug-likeness (QED) is 0.757. The Morgan fingerprint density at radius 2 is 1.92 bits per heavy atom. The lowest BCUT2D eigenvalue weighted by Gasteiger charge is -2.10. The van der Waals surface area contributed by atoms with E-state index in [4.69, 9.17) is 4.98 Å². The van der Waals surface area contributed by atoms with E-state index in [9.17, 15) is 9.18 Å². The Balaban J connectivity index is 1.60. The summed E-state index contributed by atoms with van der Waals surface area (Å²) in [4.78, 5) is 17.2. The minimum atomic E-state index is -0.274. The molecule has 4 nitrogen and oxygen atoms in total. The molecule has 0 atom stereocenters. The van der Waals surface area contributed by atoms with Crippen LogP contribution in [-0.4, -0.2) is 21.2 Å². The van der Waals surface area contributed by atoms with Crippen LogP contribution in [0.3, 0.4) is 0 Å². The first-order chi connectivity index (χ1) is 12.6. The Hall–Kier alpha value is -2.60. The van der Waals surface area contributed by atoms with Crippen molar-refractivity contribution >= 4 is 17.7 Å². The highest BCUT2D eigenvalue weighted by atomic mass is 32.2. The summed E-state index contributed by atoms with van der Waals surface area (Å²) in [6.07, 6.45) is 0. The van der Waals surface area contributed by atoms with Crippen LogP contribution in [0.15, 0.2) is 53.7 Å². The minimum absolute atomic E-state index is 0.115. The number of halogens is 1. The molecule has 1 aromatic heterocycles. The first kappa shape index (κ1) is 16.8. The maximum Gasteiger partial charge on any atom is 0.251 e. The number of carbonyl (C=O) groups excluding carboxylic acids is 1. The lowest BCUT2D eigenvalue weighted by Crippen LogP contribution is -2.24. The Morgan fingerprint density at radius 1 is 1.19 bits per heavy atom. The molecular formula is C20H18FN3OS. The highest BCUT2D eigenvalue weighted by Crippen LogP contribution is 2.33. The molecule has 6 heteroatoms. The van der Waals surface area contributed by atoms with Crippen LogP contribution in [0.2, 0.25) is 0 Å². The molecule has 0 bridgehead atoms. The van der Waals surface area contributed by atoms with Crippen molar-refractivity contribution in [1.82, 2.24) is 14.9 Å². The summed E-state index contributed by atoms with van der Waals surface area (Å²) >= 11 is 1.70. The topological polar surface area (TPSA) is 46.9 Å². The smallest absolute Gasteiger partial charge is 0.251 e. The number of aryl methyl sites for hydroxylation is 1. The fraction of sp³-hybridized carbons (Fsp3) is 0.200. The van der Waals surface area contributed by atoms with Gasteiger partial charge in [0.05, 0.1) is 17.9 Å². The van der Waals surface area contributed by atoms with Crippen LogP contribution >= 0.6 is 11.8 Å². The maximum atomic E-state index is 13.2. The number of aromatic nitrogens is 2. The van der Waals surface area contributed by atoms with Gasteiger partial charge in [0, 0.05) is 23.4 Å². The van der Waals surface area contributed by atoms with Gasteiger partial charge in [0.15, 0.2) is 5.16 Å². The summed E-state index contributed by atoms with van der Waals surface area (Å²) in [6, 6.07) is 13.8. The summed E-state index contributed by atoms with van der Waals surface area (Å²) in [6.45, 7) is 3.24.